The fourth-order valence-corrected chi connectivity index (χ4v) is 4.59. The minimum atomic E-state index is -3.20. The molecule has 0 unspecified atom stereocenters. The van der Waals surface area contributed by atoms with E-state index in [-0.39, 0.29) is 23.7 Å². The zero-order valence-electron chi connectivity index (χ0n) is 13.8. The smallest absolute Gasteiger partial charge is 0.241 e. The van der Waals surface area contributed by atoms with Crippen molar-refractivity contribution in [3.8, 4) is 0 Å². The Morgan fingerprint density at radius 3 is 2.65 bits per heavy atom. The summed E-state index contributed by atoms with van der Waals surface area (Å²) in [4.78, 5) is 16.1. The van der Waals surface area contributed by atoms with Crippen LogP contribution >= 0.6 is 0 Å². The lowest BCUT2D eigenvalue weighted by Gasteiger charge is -2.46. The van der Waals surface area contributed by atoms with Crippen LogP contribution in [0.3, 0.4) is 0 Å². The van der Waals surface area contributed by atoms with Crippen molar-refractivity contribution in [2.45, 2.75) is 18.9 Å². The molecule has 2 fully saturated rings. The summed E-state index contributed by atoms with van der Waals surface area (Å²) in [5.74, 6) is 0.126. The van der Waals surface area contributed by atoms with E-state index >= 15 is 0 Å². The number of aromatic nitrogens is 2. The highest BCUT2D eigenvalue weighted by atomic mass is 32.2. The second-order valence-corrected chi connectivity index (χ2v) is 8.67. The van der Waals surface area contributed by atoms with Crippen LogP contribution in [0.1, 0.15) is 13.3 Å². The van der Waals surface area contributed by atoms with Crippen molar-refractivity contribution in [3.05, 3.63) is 12.4 Å². The zero-order chi connectivity index (χ0) is 16.8. The first-order valence-corrected chi connectivity index (χ1v) is 9.36. The number of likely N-dealkylation sites (N-methyl/N-ethyl adjacent to an activating group) is 1. The number of rotatable bonds is 3. The predicted molar refractivity (Wildman–Crippen MR) is 86.6 cm³/mol. The fraction of sp³-hybridized carbons (Fsp3) is 0.714. The Hall–Kier alpha value is -1.45. The van der Waals surface area contributed by atoms with Gasteiger partial charge >= 0.3 is 0 Å². The lowest BCUT2D eigenvalue weighted by Crippen LogP contribution is -2.64. The summed E-state index contributed by atoms with van der Waals surface area (Å²) in [5, 5.41) is 4.13. The van der Waals surface area contributed by atoms with E-state index in [1.807, 2.05) is 25.2 Å². The quantitative estimate of drug-likeness (QED) is 0.740. The third-order valence-corrected chi connectivity index (χ3v) is 6.82. The number of carbonyl (C=O) groups excluding carboxylic acids is 1. The normalized spacial score (nSPS) is 27.3. The molecule has 1 spiro atoms. The SMILES string of the molecule is CCS(=O)(=O)N1CC[C@]2(CN(c3cnn(C)c3)C(=O)CN2C)C1. The van der Waals surface area contributed by atoms with Crippen LogP contribution in [0.15, 0.2) is 12.4 Å². The van der Waals surface area contributed by atoms with Crippen molar-refractivity contribution < 1.29 is 13.2 Å². The molecule has 2 aliphatic rings. The average molecular weight is 341 g/mol. The largest absolute Gasteiger partial charge is 0.306 e. The van der Waals surface area contributed by atoms with E-state index in [4.69, 9.17) is 0 Å². The monoisotopic (exact) mass is 341 g/mol. The van der Waals surface area contributed by atoms with Crippen LogP contribution in [0.4, 0.5) is 5.69 Å². The molecule has 0 saturated carbocycles. The second kappa shape index (κ2) is 5.57. The molecule has 1 aromatic heterocycles. The van der Waals surface area contributed by atoms with Crippen molar-refractivity contribution in [3.63, 3.8) is 0 Å². The van der Waals surface area contributed by atoms with Gasteiger partial charge in [0.25, 0.3) is 0 Å². The molecule has 23 heavy (non-hydrogen) atoms. The Kier molecular flexibility index (Phi) is 3.97. The lowest BCUT2D eigenvalue weighted by molar-refractivity contribution is -0.123. The van der Waals surface area contributed by atoms with E-state index in [0.717, 1.165) is 12.1 Å². The summed E-state index contributed by atoms with van der Waals surface area (Å²) in [6.45, 7) is 3.38. The van der Waals surface area contributed by atoms with Gasteiger partial charge in [0, 0.05) is 32.9 Å². The topological polar surface area (TPSA) is 78.8 Å². The molecule has 0 N–H and O–H groups in total. The summed E-state index contributed by atoms with van der Waals surface area (Å²) in [6.07, 6.45) is 4.21. The molecule has 3 rings (SSSR count). The van der Waals surface area contributed by atoms with E-state index in [0.29, 0.717) is 19.6 Å². The average Bonchev–Trinajstić information content (AvgIpc) is 3.11. The highest BCUT2D eigenvalue weighted by molar-refractivity contribution is 7.89. The van der Waals surface area contributed by atoms with Crippen LogP contribution in [0.5, 0.6) is 0 Å². The molecule has 0 aliphatic carbocycles. The van der Waals surface area contributed by atoms with Gasteiger partial charge in [-0.3, -0.25) is 14.4 Å². The van der Waals surface area contributed by atoms with Crippen molar-refractivity contribution in [1.82, 2.24) is 19.0 Å². The van der Waals surface area contributed by atoms with Crippen molar-refractivity contribution >= 4 is 21.6 Å². The number of anilines is 1. The van der Waals surface area contributed by atoms with Crippen molar-refractivity contribution in [1.29, 1.82) is 0 Å². The number of carbonyl (C=O) groups is 1. The standard InChI is InChI=1S/C14H23N5O3S/c1-4-23(21,22)18-6-5-14(10-18)11-19(13(20)9-16(14)2)12-7-15-17(3)8-12/h7-8H,4-6,9-11H2,1-3H3/t14-/m1/s1. The molecule has 128 valence electrons. The molecule has 2 saturated heterocycles. The molecule has 1 atom stereocenters. The molecule has 0 aromatic carbocycles. The van der Waals surface area contributed by atoms with Crippen molar-refractivity contribution in [2.24, 2.45) is 7.05 Å². The first-order chi connectivity index (χ1) is 10.8. The van der Waals surface area contributed by atoms with Crippen molar-refractivity contribution in [2.75, 3.05) is 43.9 Å². The number of amides is 1. The third-order valence-electron chi connectivity index (χ3n) is 4.99. The van der Waals surface area contributed by atoms with Gasteiger partial charge in [0.2, 0.25) is 15.9 Å². The Balaban J connectivity index is 1.86. The van der Waals surface area contributed by atoms with E-state index < -0.39 is 10.0 Å². The molecule has 3 heterocycles. The van der Waals surface area contributed by atoms with Gasteiger partial charge in [-0.1, -0.05) is 0 Å². The Morgan fingerprint density at radius 1 is 1.30 bits per heavy atom. The number of sulfonamides is 1. The highest BCUT2D eigenvalue weighted by Gasteiger charge is 2.49. The van der Waals surface area contributed by atoms with E-state index in [9.17, 15) is 13.2 Å². The lowest BCUT2D eigenvalue weighted by atomic mass is 9.93. The number of hydrogen-bond donors (Lipinski definition) is 0. The molecular formula is C14H23N5O3S. The number of aryl methyl sites for hydroxylation is 1. The van der Waals surface area contributed by atoms with Crippen LogP contribution in [0.25, 0.3) is 0 Å². The number of piperazine rings is 1. The number of hydrogen-bond acceptors (Lipinski definition) is 5. The van der Waals surface area contributed by atoms with Gasteiger partial charge in [0.1, 0.15) is 0 Å². The highest BCUT2D eigenvalue weighted by Crippen LogP contribution is 2.34. The van der Waals surface area contributed by atoms with Gasteiger partial charge < -0.3 is 4.90 Å². The first kappa shape index (κ1) is 16.4. The molecule has 0 radical (unpaired) electrons. The predicted octanol–water partition coefficient (Wildman–Crippen LogP) is -0.507. The summed E-state index contributed by atoms with van der Waals surface area (Å²) in [7, 11) is 0.512. The van der Waals surface area contributed by atoms with Crippen LogP contribution in [-0.4, -0.2) is 77.8 Å². The minimum Gasteiger partial charge on any atom is -0.306 e. The van der Waals surface area contributed by atoms with Gasteiger partial charge in [-0.2, -0.15) is 9.40 Å². The van der Waals surface area contributed by atoms with Gasteiger partial charge in [0.05, 0.1) is 29.7 Å². The first-order valence-electron chi connectivity index (χ1n) is 7.75. The zero-order valence-corrected chi connectivity index (χ0v) is 14.6. The molecule has 1 aromatic rings. The molecule has 2 aliphatic heterocycles. The van der Waals surface area contributed by atoms with Crippen LogP contribution in [0, 0.1) is 0 Å². The molecule has 0 bridgehead atoms. The minimum absolute atomic E-state index is 0.0166. The fourth-order valence-electron chi connectivity index (χ4n) is 3.42. The maximum atomic E-state index is 12.4. The van der Waals surface area contributed by atoms with E-state index in [1.165, 1.54) is 0 Å². The molecule has 1 amide bonds. The Labute approximate surface area is 136 Å². The van der Waals surface area contributed by atoms with Crippen LogP contribution < -0.4 is 4.90 Å². The molecule has 8 nitrogen and oxygen atoms in total. The summed E-state index contributed by atoms with van der Waals surface area (Å²) in [5.41, 5.74) is 0.438. The summed E-state index contributed by atoms with van der Waals surface area (Å²) < 4.78 is 27.6. The Bertz CT molecular complexity index is 716. The number of nitrogens with zero attached hydrogens (tertiary/aromatic N) is 5. The molecular weight excluding hydrogens is 318 g/mol. The summed E-state index contributed by atoms with van der Waals surface area (Å²) >= 11 is 0. The maximum Gasteiger partial charge on any atom is 0.241 e. The van der Waals surface area contributed by atoms with Gasteiger partial charge in [-0.05, 0) is 20.4 Å². The Morgan fingerprint density at radius 2 is 2.04 bits per heavy atom. The van der Waals surface area contributed by atoms with Gasteiger partial charge in [-0.15, -0.1) is 0 Å². The molecule has 9 heteroatoms. The second-order valence-electron chi connectivity index (χ2n) is 6.42. The summed E-state index contributed by atoms with van der Waals surface area (Å²) in [6, 6.07) is 0. The van der Waals surface area contributed by atoms with Gasteiger partial charge in [-0.25, -0.2) is 8.42 Å². The van der Waals surface area contributed by atoms with E-state index in [1.54, 1.807) is 27.0 Å². The van der Waals surface area contributed by atoms with Crippen LogP contribution in [0.2, 0.25) is 0 Å². The third kappa shape index (κ3) is 2.77. The van der Waals surface area contributed by atoms with E-state index in [2.05, 4.69) is 5.10 Å². The van der Waals surface area contributed by atoms with Crippen LogP contribution in [-0.2, 0) is 21.9 Å². The van der Waals surface area contributed by atoms with Gasteiger partial charge in [0.15, 0.2) is 0 Å². The maximum absolute atomic E-state index is 12.4.